The van der Waals surface area contributed by atoms with E-state index >= 15 is 0 Å². The van der Waals surface area contributed by atoms with E-state index in [0.29, 0.717) is 6.42 Å². The van der Waals surface area contributed by atoms with Crippen LogP contribution in [0.4, 0.5) is 0 Å². The van der Waals surface area contributed by atoms with Gasteiger partial charge in [-0.2, -0.15) is 0 Å². The van der Waals surface area contributed by atoms with Crippen molar-refractivity contribution in [1.29, 1.82) is 0 Å². The number of ketones is 1. The van der Waals surface area contributed by atoms with Crippen LogP contribution in [0.3, 0.4) is 0 Å². The topological polar surface area (TPSA) is 26.3 Å². The van der Waals surface area contributed by atoms with Gasteiger partial charge in [-0.05, 0) is 47.4 Å². The van der Waals surface area contributed by atoms with Gasteiger partial charge in [0.1, 0.15) is 5.75 Å². The first kappa shape index (κ1) is 14.0. The SMILES string of the molecule is COc1cccc(CC2(C)C(=O)c3cccc4cccc2c34)c1. The van der Waals surface area contributed by atoms with Crippen LogP contribution in [-0.4, -0.2) is 12.9 Å². The van der Waals surface area contributed by atoms with Crippen molar-refractivity contribution in [3.63, 3.8) is 0 Å². The number of hydrogen-bond donors (Lipinski definition) is 0. The number of rotatable bonds is 3. The fourth-order valence-corrected chi connectivity index (χ4v) is 3.78. The molecule has 2 heteroatoms. The number of hydrogen-bond acceptors (Lipinski definition) is 2. The Morgan fingerprint density at radius 2 is 1.74 bits per heavy atom. The standard InChI is InChI=1S/C21H18O2/c1-21(13-14-6-3-9-16(12-14)23-2)18-11-5-8-15-7-4-10-17(19(15)18)20(21)22/h3-12H,13H2,1-2H3. The highest BCUT2D eigenvalue weighted by Gasteiger charge is 2.43. The highest BCUT2D eigenvalue weighted by molar-refractivity contribution is 6.20. The van der Waals surface area contributed by atoms with E-state index in [9.17, 15) is 4.79 Å². The lowest BCUT2D eigenvalue weighted by molar-refractivity contribution is 0.0907. The second kappa shape index (κ2) is 4.95. The molecule has 0 heterocycles. The number of benzene rings is 3. The Hall–Kier alpha value is -2.61. The minimum absolute atomic E-state index is 0.215. The zero-order valence-electron chi connectivity index (χ0n) is 13.3. The molecule has 23 heavy (non-hydrogen) atoms. The zero-order chi connectivity index (χ0) is 16.0. The van der Waals surface area contributed by atoms with E-state index in [1.54, 1.807) is 7.11 Å². The molecule has 0 aliphatic heterocycles. The van der Waals surface area contributed by atoms with Gasteiger partial charge in [-0.1, -0.05) is 48.5 Å². The highest BCUT2D eigenvalue weighted by atomic mass is 16.5. The molecule has 3 aromatic rings. The van der Waals surface area contributed by atoms with Crippen molar-refractivity contribution in [1.82, 2.24) is 0 Å². The molecule has 3 aromatic carbocycles. The summed E-state index contributed by atoms with van der Waals surface area (Å²) in [6.07, 6.45) is 0.677. The number of carbonyl (C=O) groups excluding carboxylic acids is 1. The van der Waals surface area contributed by atoms with Crippen LogP contribution in [-0.2, 0) is 11.8 Å². The lowest BCUT2D eigenvalue weighted by atomic mass is 9.77. The van der Waals surface area contributed by atoms with Crippen LogP contribution >= 0.6 is 0 Å². The van der Waals surface area contributed by atoms with Gasteiger partial charge in [0, 0.05) is 5.56 Å². The summed E-state index contributed by atoms with van der Waals surface area (Å²) in [7, 11) is 1.66. The number of methoxy groups -OCH3 is 1. The Morgan fingerprint density at radius 1 is 1.00 bits per heavy atom. The van der Waals surface area contributed by atoms with Gasteiger partial charge in [-0.15, -0.1) is 0 Å². The van der Waals surface area contributed by atoms with Crippen molar-refractivity contribution in [3.05, 3.63) is 77.4 Å². The largest absolute Gasteiger partial charge is 0.497 e. The van der Waals surface area contributed by atoms with Gasteiger partial charge in [0.05, 0.1) is 12.5 Å². The molecular formula is C21H18O2. The number of Topliss-reactive ketones (excluding diaryl/α,β-unsaturated/α-hetero) is 1. The molecule has 0 fully saturated rings. The van der Waals surface area contributed by atoms with E-state index in [0.717, 1.165) is 33.2 Å². The van der Waals surface area contributed by atoms with Crippen LogP contribution in [0.2, 0.25) is 0 Å². The first-order valence-electron chi connectivity index (χ1n) is 7.83. The summed E-state index contributed by atoms with van der Waals surface area (Å²) >= 11 is 0. The number of carbonyl (C=O) groups is 1. The summed E-state index contributed by atoms with van der Waals surface area (Å²) in [4.78, 5) is 13.1. The Kier molecular flexibility index (Phi) is 3.02. The normalized spacial score (nSPS) is 19.3. The molecule has 2 nitrogen and oxygen atoms in total. The van der Waals surface area contributed by atoms with E-state index in [4.69, 9.17) is 4.74 Å². The molecule has 1 aliphatic carbocycles. The van der Waals surface area contributed by atoms with Crippen molar-refractivity contribution < 1.29 is 9.53 Å². The summed E-state index contributed by atoms with van der Waals surface area (Å²) in [6, 6.07) is 20.2. The van der Waals surface area contributed by atoms with Crippen LogP contribution in [0.1, 0.15) is 28.4 Å². The summed E-state index contributed by atoms with van der Waals surface area (Å²) in [5.41, 5.74) is 2.59. The average Bonchev–Trinajstić information content (AvgIpc) is 2.79. The van der Waals surface area contributed by atoms with E-state index in [2.05, 4.69) is 31.2 Å². The van der Waals surface area contributed by atoms with Gasteiger partial charge in [-0.3, -0.25) is 4.79 Å². The zero-order valence-corrected chi connectivity index (χ0v) is 13.3. The molecule has 1 unspecified atom stereocenters. The molecule has 0 saturated heterocycles. The third-order valence-electron chi connectivity index (χ3n) is 4.94. The Balaban J connectivity index is 1.86. The summed E-state index contributed by atoms with van der Waals surface area (Å²) in [5.74, 6) is 1.04. The molecule has 1 aliphatic rings. The lowest BCUT2D eigenvalue weighted by Crippen LogP contribution is -2.31. The quantitative estimate of drug-likeness (QED) is 0.709. The van der Waals surface area contributed by atoms with E-state index in [1.165, 1.54) is 0 Å². The van der Waals surface area contributed by atoms with Crippen molar-refractivity contribution >= 4 is 16.6 Å². The van der Waals surface area contributed by atoms with Gasteiger partial charge < -0.3 is 4.74 Å². The first-order valence-corrected chi connectivity index (χ1v) is 7.83. The smallest absolute Gasteiger partial charge is 0.174 e. The van der Waals surface area contributed by atoms with Crippen molar-refractivity contribution in [3.8, 4) is 5.75 Å². The van der Waals surface area contributed by atoms with Crippen LogP contribution in [0, 0.1) is 0 Å². The molecule has 0 radical (unpaired) electrons. The Bertz CT molecular complexity index is 921. The van der Waals surface area contributed by atoms with Gasteiger partial charge in [0.15, 0.2) is 5.78 Å². The molecule has 0 amide bonds. The monoisotopic (exact) mass is 302 g/mol. The van der Waals surface area contributed by atoms with Crippen LogP contribution in [0.5, 0.6) is 5.75 Å². The van der Waals surface area contributed by atoms with Gasteiger partial charge in [0.2, 0.25) is 0 Å². The third-order valence-corrected chi connectivity index (χ3v) is 4.94. The minimum atomic E-state index is -0.518. The predicted molar refractivity (Wildman–Crippen MR) is 92.3 cm³/mol. The second-order valence-electron chi connectivity index (χ2n) is 6.40. The Morgan fingerprint density at radius 3 is 2.52 bits per heavy atom. The second-order valence-corrected chi connectivity index (χ2v) is 6.40. The average molecular weight is 302 g/mol. The minimum Gasteiger partial charge on any atom is -0.497 e. The summed E-state index contributed by atoms with van der Waals surface area (Å²) in [6.45, 7) is 2.06. The molecule has 0 aromatic heterocycles. The van der Waals surface area contributed by atoms with Crippen LogP contribution in [0.15, 0.2) is 60.7 Å². The van der Waals surface area contributed by atoms with Crippen molar-refractivity contribution in [2.24, 2.45) is 0 Å². The molecule has 0 saturated carbocycles. The van der Waals surface area contributed by atoms with Crippen molar-refractivity contribution in [2.75, 3.05) is 7.11 Å². The summed E-state index contributed by atoms with van der Waals surface area (Å²) < 4.78 is 5.31. The molecule has 114 valence electrons. The van der Waals surface area contributed by atoms with E-state index < -0.39 is 5.41 Å². The molecule has 4 rings (SSSR count). The fraction of sp³-hybridized carbons (Fsp3) is 0.190. The van der Waals surface area contributed by atoms with Gasteiger partial charge >= 0.3 is 0 Å². The maximum Gasteiger partial charge on any atom is 0.174 e. The maximum atomic E-state index is 13.1. The predicted octanol–water partition coefficient (Wildman–Crippen LogP) is 4.55. The van der Waals surface area contributed by atoms with Crippen LogP contribution in [0.25, 0.3) is 10.8 Å². The molecule has 0 N–H and O–H groups in total. The molecule has 0 bridgehead atoms. The Labute approximate surface area is 135 Å². The van der Waals surface area contributed by atoms with Gasteiger partial charge in [0.25, 0.3) is 0 Å². The molecular weight excluding hydrogens is 284 g/mol. The maximum absolute atomic E-state index is 13.1. The molecule has 1 atom stereocenters. The highest BCUT2D eigenvalue weighted by Crippen LogP contribution is 2.44. The van der Waals surface area contributed by atoms with Crippen molar-refractivity contribution in [2.45, 2.75) is 18.8 Å². The first-order chi connectivity index (χ1) is 11.1. The lowest BCUT2D eigenvalue weighted by Gasteiger charge is -2.24. The van der Waals surface area contributed by atoms with Crippen LogP contribution < -0.4 is 4.74 Å². The molecule has 0 spiro atoms. The van der Waals surface area contributed by atoms with E-state index in [-0.39, 0.29) is 5.78 Å². The number of ether oxygens (including phenoxy) is 1. The fourth-order valence-electron chi connectivity index (χ4n) is 3.78. The third kappa shape index (κ3) is 1.98. The van der Waals surface area contributed by atoms with Gasteiger partial charge in [-0.25, -0.2) is 0 Å². The van der Waals surface area contributed by atoms with E-state index in [1.807, 2.05) is 36.4 Å². The summed E-state index contributed by atoms with van der Waals surface area (Å²) in [5, 5.41) is 2.26.